The molecule has 0 aliphatic carbocycles. The highest BCUT2D eigenvalue weighted by Gasteiger charge is 2.23. The van der Waals surface area contributed by atoms with Crippen LogP contribution >= 0.6 is 0 Å². The van der Waals surface area contributed by atoms with Crippen LogP contribution in [0.1, 0.15) is 11.3 Å². The molecule has 0 saturated carbocycles. The van der Waals surface area contributed by atoms with E-state index in [0.717, 1.165) is 5.69 Å². The van der Waals surface area contributed by atoms with Crippen molar-refractivity contribution >= 4 is 23.5 Å². The van der Waals surface area contributed by atoms with E-state index in [0.29, 0.717) is 49.7 Å². The maximum atomic E-state index is 15.1. The molecule has 1 aliphatic rings. The molecule has 3 aromatic rings. The number of nitrogens with zero attached hydrogens (tertiary/aromatic N) is 3. The van der Waals surface area contributed by atoms with Gasteiger partial charge in [0.15, 0.2) is 5.82 Å². The summed E-state index contributed by atoms with van der Waals surface area (Å²) in [4.78, 5) is 32.5. The number of amides is 3. The molecule has 4 rings (SSSR count). The number of nitrogens with one attached hydrogen (secondary N) is 2. The highest BCUT2D eigenvalue weighted by Crippen LogP contribution is 2.21. The Labute approximate surface area is 197 Å². The van der Waals surface area contributed by atoms with E-state index < -0.39 is 17.9 Å². The lowest BCUT2D eigenvalue weighted by Gasteiger charge is -2.34. The molecule has 1 fully saturated rings. The third-order valence-corrected chi connectivity index (χ3v) is 5.47. The van der Waals surface area contributed by atoms with Crippen LogP contribution in [-0.2, 0) is 6.54 Å². The molecule has 8 nitrogen and oxygen atoms in total. The van der Waals surface area contributed by atoms with Crippen molar-refractivity contribution in [2.24, 2.45) is 0 Å². The van der Waals surface area contributed by atoms with E-state index in [1.54, 1.807) is 53.4 Å². The van der Waals surface area contributed by atoms with Crippen molar-refractivity contribution in [3.05, 3.63) is 83.9 Å². The maximum Gasteiger partial charge on any atom is 0.415 e. The Balaban J connectivity index is 1.30. The minimum absolute atomic E-state index is 0.0974. The Morgan fingerprint density at radius 2 is 1.74 bits per heavy atom. The number of aryl methyl sites for hydroxylation is 1. The molecule has 1 aliphatic heterocycles. The molecule has 3 amide bonds. The average molecular weight is 464 g/mol. The van der Waals surface area contributed by atoms with E-state index in [2.05, 4.69) is 20.5 Å². The monoisotopic (exact) mass is 463 g/mol. The molecule has 34 heavy (non-hydrogen) atoms. The summed E-state index contributed by atoms with van der Waals surface area (Å²) >= 11 is 0. The third kappa shape index (κ3) is 6.08. The zero-order chi connectivity index (χ0) is 23.9. The van der Waals surface area contributed by atoms with Gasteiger partial charge in [-0.05, 0) is 37.3 Å². The topological polar surface area (TPSA) is 86.8 Å². The predicted octanol–water partition coefficient (Wildman–Crippen LogP) is 4.49. The van der Waals surface area contributed by atoms with Crippen LogP contribution in [0.5, 0.6) is 5.75 Å². The quantitative estimate of drug-likeness (QED) is 0.582. The molecular formula is C25H26FN5O3. The SMILES string of the molecule is Cc1ccc(NC(=O)Nc2cccc(CN3CCN(C(=O)Oc4ccccc4)CC3)c2F)cn1. The van der Waals surface area contributed by atoms with Crippen LogP contribution in [0.2, 0.25) is 0 Å². The van der Waals surface area contributed by atoms with E-state index in [9.17, 15) is 9.59 Å². The first-order valence-electron chi connectivity index (χ1n) is 11.0. The number of hydrogen-bond acceptors (Lipinski definition) is 5. The summed E-state index contributed by atoms with van der Waals surface area (Å²) < 4.78 is 20.4. The van der Waals surface area contributed by atoms with Gasteiger partial charge in [0.25, 0.3) is 0 Å². The smallest absolute Gasteiger partial charge is 0.410 e. The largest absolute Gasteiger partial charge is 0.415 e. The molecule has 0 atom stereocenters. The lowest BCUT2D eigenvalue weighted by Crippen LogP contribution is -2.49. The van der Waals surface area contributed by atoms with Crippen LogP contribution in [0.3, 0.4) is 0 Å². The summed E-state index contributed by atoms with van der Waals surface area (Å²) in [5.41, 5.74) is 1.91. The van der Waals surface area contributed by atoms with Gasteiger partial charge in [0.05, 0.1) is 17.6 Å². The standard InChI is InChI=1S/C25H26FN5O3/c1-18-10-11-20(16-27-18)28-24(32)29-22-9-5-6-19(23(22)26)17-30-12-14-31(15-13-30)25(33)34-21-7-3-2-4-8-21/h2-11,16H,12-15,17H2,1H3,(H2,28,29,32). The molecule has 176 valence electrons. The van der Waals surface area contributed by atoms with Gasteiger partial charge in [-0.3, -0.25) is 9.88 Å². The Hall–Kier alpha value is -3.98. The molecule has 2 N–H and O–H groups in total. The van der Waals surface area contributed by atoms with Gasteiger partial charge in [0, 0.05) is 44.0 Å². The zero-order valence-corrected chi connectivity index (χ0v) is 18.8. The summed E-state index contributed by atoms with van der Waals surface area (Å²) in [7, 11) is 0. The number of carbonyl (C=O) groups excluding carboxylic acids is 2. The molecule has 0 radical (unpaired) electrons. The normalized spacial score (nSPS) is 13.9. The van der Waals surface area contributed by atoms with E-state index in [1.165, 1.54) is 12.3 Å². The molecule has 0 bridgehead atoms. The maximum absolute atomic E-state index is 15.1. The fraction of sp³-hybridized carbons (Fsp3) is 0.240. The van der Waals surface area contributed by atoms with Crippen LogP contribution in [-0.4, -0.2) is 53.1 Å². The summed E-state index contributed by atoms with van der Waals surface area (Å²) in [5.74, 6) is 0.0228. The first kappa shape index (κ1) is 23.2. The fourth-order valence-corrected chi connectivity index (χ4v) is 3.61. The number of anilines is 2. The average Bonchev–Trinajstić information content (AvgIpc) is 2.84. The number of urea groups is 1. The molecule has 9 heteroatoms. The van der Waals surface area contributed by atoms with Gasteiger partial charge in [-0.2, -0.15) is 0 Å². The fourth-order valence-electron chi connectivity index (χ4n) is 3.61. The summed E-state index contributed by atoms with van der Waals surface area (Å²) in [6.45, 7) is 4.35. The van der Waals surface area contributed by atoms with Crippen molar-refractivity contribution in [2.45, 2.75) is 13.5 Å². The second kappa shape index (κ2) is 10.8. The van der Waals surface area contributed by atoms with Crippen molar-refractivity contribution in [1.82, 2.24) is 14.8 Å². The molecule has 2 aromatic carbocycles. The van der Waals surface area contributed by atoms with Crippen molar-refractivity contribution < 1.29 is 18.7 Å². The minimum Gasteiger partial charge on any atom is -0.410 e. The number of para-hydroxylation sites is 1. The van der Waals surface area contributed by atoms with Crippen molar-refractivity contribution in [2.75, 3.05) is 36.8 Å². The lowest BCUT2D eigenvalue weighted by atomic mass is 10.1. The van der Waals surface area contributed by atoms with E-state index >= 15 is 4.39 Å². The zero-order valence-electron chi connectivity index (χ0n) is 18.8. The molecule has 2 heterocycles. The number of rotatable bonds is 5. The van der Waals surface area contributed by atoms with Gasteiger partial charge in [0.2, 0.25) is 0 Å². The van der Waals surface area contributed by atoms with Gasteiger partial charge in [0.1, 0.15) is 5.75 Å². The molecule has 0 unspecified atom stereocenters. The number of aromatic nitrogens is 1. The van der Waals surface area contributed by atoms with Crippen LogP contribution in [0.25, 0.3) is 0 Å². The number of ether oxygens (including phenoxy) is 1. The van der Waals surface area contributed by atoms with Crippen LogP contribution in [0.4, 0.5) is 25.4 Å². The predicted molar refractivity (Wildman–Crippen MR) is 127 cm³/mol. The molecular weight excluding hydrogens is 437 g/mol. The Kier molecular flexibility index (Phi) is 7.34. The number of hydrogen-bond donors (Lipinski definition) is 2. The highest BCUT2D eigenvalue weighted by molar-refractivity contribution is 5.99. The van der Waals surface area contributed by atoms with Gasteiger partial charge in [-0.15, -0.1) is 0 Å². The number of pyridine rings is 1. The van der Waals surface area contributed by atoms with Gasteiger partial charge >= 0.3 is 12.1 Å². The van der Waals surface area contributed by atoms with Crippen molar-refractivity contribution in [3.63, 3.8) is 0 Å². The number of benzene rings is 2. The van der Waals surface area contributed by atoms with E-state index in [1.807, 2.05) is 13.0 Å². The second-order valence-electron chi connectivity index (χ2n) is 7.99. The summed E-state index contributed by atoms with van der Waals surface area (Å²) in [6, 6.07) is 16.8. The Bertz CT molecular complexity index is 1130. The number of halogens is 1. The van der Waals surface area contributed by atoms with Crippen molar-refractivity contribution in [1.29, 1.82) is 0 Å². The second-order valence-corrected chi connectivity index (χ2v) is 7.99. The van der Waals surface area contributed by atoms with Gasteiger partial charge in [-0.1, -0.05) is 30.3 Å². The third-order valence-electron chi connectivity index (χ3n) is 5.47. The lowest BCUT2D eigenvalue weighted by molar-refractivity contribution is 0.107. The van der Waals surface area contributed by atoms with Crippen LogP contribution < -0.4 is 15.4 Å². The Morgan fingerprint density at radius 3 is 2.44 bits per heavy atom. The molecule has 1 aromatic heterocycles. The number of carbonyl (C=O) groups is 2. The summed E-state index contributed by atoms with van der Waals surface area (Å²) in [6.07, 6.45) is 1.15. The highest BCUT2D eigenvalue weighted by atomic mass is 19.1. The Morgan fingerprint density at radius 1 is 0.971 bits per heavy atom. The first-order valence-corrected chi connectivity index (χ1v) is 11.0. The summed E-state index contributed by atoms with van der Waals surface area (Å²) in [5, 5.41) is 5.19. The van der Waals surface area contributed by atoms with Crippen molar-refractivity contribution in [3.8, 4) is 5.75 Å². The first-order chi connectivity index (χ1) is 16.5. The minimum atomic E-state index is -0.549. The van der Waals surface area contributed by atoms with Crippen LogP contribution in [0.15, 0.2) is 66.9 Å². The molecule has 1 saturated heterocycles. The molecule has 0 spiro atoms. The number of piperazine rings is 1. The van der Waals surface area contributed by atoms with Gasteiger partial charge in [-0.25, -0.2) is 14.0 Å². The van der Waals surface area contributed by atoms with E-state index in [4.69, 9.17) is 4.74 Å². The van der Waals surface area contributed by atoms with Gasteiger partial charge < -0.3 is 20.3 Å². The van der Waals surface area contributed by atoms with E-state index in [-0.39, 0.29) is 5.69 Å². The van der Waals surface area contributed by atoms with Crippen LogP contribution in [0, 0.1) is 12.7 Å².